The lowest BCUT2D eigenvalue weighted by Gasteiger charge is -2.13. The van der Waals surface area contributed by atoms with Gasteiger partial charge in [-0.3, -0.25) is 9.52 Å². The summed E-state index contributed by atoms with van der Waals surface area (Å²) in [7, 11) is 1.90. The van der Waals surface area contributed by atoms with Gasteiger partial charge >= 0.3 is 0 Å². The fourth-order valence-corrected chi connectivity index (χ4v) is 4.19. The summed E-state index contributed by atoms with van der Waals surface area (Å²) < 4.78 is 62.4. The lowest BCUT2D eigenvalue weighted by atomic mass is 10.1. The molecule has 200 valence electrons. The third-order valence-electron chi connectivity index (χ3n) is 5.23. The first kappa shape index (κ1) is 28.1. The summed E-state index contributed by atoms with van der Waals surface area (Å²) in [5, 5.41) is 3.89. The number of sulfonamides is 1. The molecular formula is C27H27FN2O7S. The first-order chi connectivity index (χ1) is 18.2. The average molecular weight is 543 g/mol. The van der Waals surface area contributed by atoms with Gasteiger partial charge in [0.25, 0.3) is 10.0 Å². The standard InChI is InChI=1S/C27H27FN2O7S/c1-34-21-16-26(36-3)22(27(17-21)37-4)12-14-38(32,33)30-20-9-10-25(35-2)23(15-20)29-13-11-24(31)18-5-7-19(28)8-6-18/h5-17,29-30H,1-4H3/b13-11+,14-12+. The third-order valence-corrected chi connectivity index (χ3v) is 6.24. The molecule has 3 aromatic carbocycles. The Bertz CT molecular complexity index is 1430. The van der Waals surface area contributed by atoms with Gasteiger partial charge in [0.1, 0.15) is 28.8 Å². The highest BCUT2D eigenvalue weighted by Crippen LogP contribution is 2.35. The molecule has 0 atom stereocenters. The Morgan fingerprint density at radius 2 is 1.47 bits per heavy atom. The number of ether oxygens (including phenoxy) is 4. The molecule has 0 radical (unpaired) electrons. The minimum atomic E-state index is -3.95. The lowest BCUT2D eigenvalue weighted by Crippen LogP contribution is -2.09. The zero-order valence-electron chi connectivity index (χ0n) is 21.1. The molecule has 0 spiro atoms. The fourth-order valence-electron chi connectivity index (χ4n) is 3.35. The molecular weight excluding hydrogens is 515 g/mol. The van der Waals surface area contributed by atoms with Crippen molar-refractivity contribution in [3.63, 3.8) is 0 Å². The van der Waals surface area contributed by atoms with Gasteiger partial charge in [0, 0.05) is 30.0 Å². The molecule has 38 heavy (non-hydrogen) atoms. The molecule has 0 saturated heterocycles. The normalized spacial score (nSPS) is 11.4. The number of ketones is 1. The van der Waals surface area contributed by atoms with Crippen molar-refractivity contribution < 1.29 is 36.6 Å². The second-order valence-corrected chi connectivity index (χ2v) is 9.23. The van der Waals surface area contributed by atoms with Crippen molar-refractivity contribution in [2.75, 3.05) is 38.5 Å². The van der Waals surface area contributed by atoms with Gasteiger partial charge in [0.15, 0.2) is 5.78 Å². The molecule has 0 aliphatic carbocycles. The molecule has 9 nitrogen and oxygen atoms in total. The highest BCUT2D eigenvalue weighted by molar-refractivity contribution is 7.95. The topological polar surface area (TPSA) is 112 Å². The Balaban J connectivity index is 1.78. The van der Waals surface area contributed by atoms with Crippen LogP contribution in [-0.4, -0.2) is 42.6 Å². The molecule has 0 bridgehead atoms. The van der Waals surface area contributed by atoms with Crippen LogP contribution in [0.5, 0.6) is 23.0 Å². The zero-order chi connectivity index (χ0) is 27.7. The minimum Gasteiger partial charge on any atom is -0.496 e. The van der Waals surface area contributed by atoms with E-state index in [1.54, 1.807) is 18.2 Å². The molecule has 0 aliphatic heterocycles. The van der Waals surface area contributed by atoms with E-state index in [9.17, 15) is 17.6 Å². The molecule has 0 saturated carbocycles. The highest BCUT2D eigenvalue weighted by atomic mass is 32.2. The molecule has 0 heterocycles. The van der Waals surface area contributed by atoms with E-state index < -0.39 is 15.8 Å². The smallest absolute Gasteiger partial charge is 0.255 e. The Labute approximate surface area is 220 Å². The fraction of sp³-hybridized carbons (Fsp3) is 0.148. The van der Waals surface area contributed by atoms with E-state index in [-0.39, 0.29) is 11.5 Å². The van der Waals surface area contributed by atoms with Gasteiger partial charge in [0.05, 0.1) is 50.8 Å². The molecule has 0 aliphatic rings. The maximum absolute atomic E-state index is 13.1. The van der Waals surface area contributed by atoms with Gasteiger partial charge < -0.3 is 24.3 Å². The monoisotopic (exact) mass is 542 g/mol. The number of rotatable bonds is 12. The maximum atomic E-state index is 13.1. The SMILES string of the molecule is COc1cc(OC)c(/C=C/S(=O)(=O)Nc2ccc(OC)c(N/C=C/C(=O)c3ccc(F)cc3)c2)c(OC)c1. The largest absolute Gasteiger partial charge is 0.496 e. The Kier molecular flexibility index (Phi) is 9.33. The number of allylic oxidation sites excluding steroid dienone is 1. The molecule has 0 unspecified atom stereocenters. The summed E-state index contributed by atoms with van der Waals surface area (Å²) in [4.78, 5) is 12.3. The van der Waals surface area contributed by atoms with Crippen LogP contribution < -0.4 is 29.0 Å². The van der Waals surface area contributed by atoms with Crippen LogP contribution in [0.1, 0.15) is 15.9 Å². The first-order valence-electron chi connectivity index (χ1n) is 11.1. The summed E-state index contributed by atoms with van der Waals surface area (Å²) in [6, 6.07) is 13.0. The van der Waals surface area contributed by atoms with Crippen molar-refractivity contribution in [3.05, 3.63) is 89.2 Å². The Hall–Kier alpha value is -4.51. The number of carbonyl (C=O) groups excluding carboxylic acids is 1. The van der Waals surface area contributed by atoms with E-state index in [0.717, 1.165) is 5.41 Å². The van der Waals surface area contributed by atoms with Gasteiger partial charge in [-0.1, -0.05) is 0 Å². The lowest BCUT2D eigenvalue weighted by molar-refractivity contribution is 0.104. The number of halogens is 1. The molecule has 0 amide bonds. The first-order valence-corrected chi connectivity index (χ1v) is 12.7. The summed E-state index contributed by atoms with van der Waals surface area (Å²) in [5.74, 6) is 0.849. The van der Waals surface area contributed by atoms with E-state index in [1.807, 2.05) is 0 Å². The third kappa shape index (κ3) is 7.26. The van der Waals surface area contributed by atoms with Crippen LogP contribution in [0.15, 0.2) is 72.3 Å². The van der Waals surface area contributed by atoms with Crippen molar-refractivity contribution in [1.29, 1.82) is 0 Å². The number of anilines is 2. The number of methoxy groups -OCH3 is 4. The Morgan fingerprint density at radius 3 is 2.05 bits per heavy atom. The molecule has 3 aromatic rings. The summed E-state index contributed by atoms with van der Waals surface area (Å²) in [6.07, 6.45) is 4.00. The maximum Gasteiger partial charge on any atom is 0.255 e. The van der Waals surface area contributed by atoms with Crippen molar-refractivity contribution in [2.45, 2.75) is 0 Å². The van der Waals surface area contributed by atoms with Gasteiger partial charge in [0.2, 0.25) is 0 Å². The van der Waals surface area contributed by atoms with E-state index in [4.69, 9.17) is 18.9 Å². The minimum absolute atomic E-state index is 0.241. The molecule has 11 heteroatoms. The van der Waals surface area contributed by atoms with Crippen molar-refractivity contribution in [1.82, 2.24) is 0 Å². The second kappa shape index (κ2) is 12.6. The quantitative estimate of drug-likeness (QED) is 0.241. The zero-order valence-corrected chi connectivity index (χ0v) is 22.0. The van der Waals surface area contributed by atoms with Crippen LogP contribution >= 0.6 is 0 Å². The van der Waals surface area contributed by atoms with E-state index >= 15 is 0 Å². The average Bonchev–Trinajstić information content (AvgIpc) is 2.91. The number of hydrogen-bond donors (Lipinski definition) is 2. The molecule has 0 aromatic heterocycles. The molecule has 3 rings (SSSR count). The van der Waals surface area contributed by atoms with E-state index in [2.05, 4.69) is 10.0 Å². The number of hydrogen-bond acceptors (Lipinski definition) is 8. The van der Waals surface area contributed by atoms with E-state index in [0.29, 0.717) is 39.8 Å². The molecule has 0 fully saturated rings. The number of nitrogens with one attached hydrogen (secondary N) is 2. The Morgan fingerprint density at radius 1 is 0.842 bits per heavy atom. The van der Waals surface area contributed by atoms with Crippen LogP contribution in [0, 0.1) is 5.82 Å². The number of benzene rings is 3. The summed E-state index contributed by atoms with van der Waals surface area (Å²) in [6.45, 7) is 0. The van der Waals surface area contributed by atoms with Gasteiger partial charge in [-0.15, -0.1) is 0 Å². The highest BCUT2D eigenvalue weighted by Gasteiger charge is 2.14. The second-order valence-electron chi connectivity index (χ2n) is 7.66. The van der Waals surface area contributed by atoms with Crippen molar-refractivity contribution >= 4 is 33.3 Å². The van der Waals surface area contributed by atoms with Crippen LogP contribution in [0.4, 0.5) is 15.8 Å². The predicted octanol–water partition coefficient (Wildman–Crippen LogP) is 5.08. The van der Waals surface area contributed by atoms with Crippen LogP contribution in [0.25, 0.3) is 6.08 Å². The number of carbonyl (C=O) groups is 1. The van der Waals surface area contributed by atoms with E-state index in [1.165, 1.54) is 83.2 Å². The van der Waals surface area contributed by atoms with Crippen LogP contribution in [0.2, 0.25) is 0 Å². The van der Waals surface area contributed by atoms with Crippen molar-refractivity contribution in [3.8, 4) is 23.0 Å². The van der Waals surface area contributed by atoms with Crippen molar-refractivity contribution in [2.24, 2.45) is 0 Å². The van der Waals surface area contributed by atoms with Crippen LogP contribution in [0.3, 0.4) is 0 Å². The van der Waals surface area contributed by atoms with Gasteiger partial charge in [-0.2, -0.15) is 0 Å². The van der Waals surface area contributed by atoms with Gasteiger partial charge in [-0.05, 0) is 48.5 Å². The van der Waals surface area contributed by atoms with Crippen LogP contribution in [-0.2, 0) is 10.0 Å². The summed E-state index contributed by atoms with van der Waals surface area (Å²) >= 11 is 0. The molecule has 2 N–H and O–H groups in total. The van der Waals surface area contributed by atoms with Gasteiger partial charge in [-0.25, -0.2) is 12.8 Å². The predicted molar refractivity (Wildman–Crippen MR) is 144 cm³/mol. The summed E-state index contributed by atoms with van der Waals surface area (Å²) in [5.41, 5.74) is 1.37.